The first kappa shape index (κ1) is 25.7. The number of carbonyl (C=O) groups is 1. The highest BCUT2D eigenvalue weighted by molar-refractivity contribution is 5.94. The van der Waals surface area contributed by atoms with E-state index >= 15 is 0 Å². The molecule has 1 aromatic carbocycles. The van der Waals surface area contributed by atoms with Crippen molar-refractivity contribution in [2.45, 2.75) is 89.7 Å². The molecule has 4 aliphatic rings. The van der Waals surface area contributed by atoms with Crippen molar-refractivity contribution < 1.29 is 14.6 Å². The number of nitrogens with one attached hydrogen (secondary N) is 1. The summed E-state index contributed by atoms with van der Waals surface area (Å²) in [5, 5.41) is 23.4. The molecule has 196 valence electrons. The van der Waals surface area contributed by atoms with Crippen LogP contribution in [0.3, 0.4) is 0 Å². The van der Waals surface area contributed by atoms with Crippen molar-refractivity contribution in [2.75, 3.05) is 13.7 Å². The van der Waals surface area contributed by atoms with Crippen LogP contribution < -0.4 is 5.32 Å². The van der Waals surface area contributed by atoms with Crippen molar-refractivity contribution >= 4 is 5.91 Å². The highest BCUT2D eigenvalue weighted by Gasteiger charge is 2.57. The minimum atomic E-state index is -0.621. The van der Waals surface area contributed by atoms with Gasteiger partial charge in [-0.3, -0.25) is 4.79 Å². The molecule has 0 bridgehead atoms. The van der Waals surface area contributed by atoms with Gasteiger partial charge in [0.1, 0.15) is 0 Å². The number of methoxy groups -OCH3 is 1. The third-order valence-electron chi connectivity index (χ3n) is 11.1. The number of nitriles is 1. The number of rotatable bonds is 5. The average Bonchev–Trinajstić information content (AvgIpc) is 2.87. The number of amides is 1. The van der Waals surface area contributed by atoms with Gasteiger partial charge >= 0.3 is 0 Å². The second kappa shape index (κ2) is 10.1. The third-order valence-corrected chi connectivity index (χ3v) is 11.1. The second-order valence-electron chi connectivity index (χ2n) is 12.9. The standard InChI is InChI=1S/C31H44N2O3/c1-20(33-29(34)22-9-7-21(18-32)8-10-22)27-5-4-6-28-26-12-11-23-17-31(35,19-36-3)16-14-24(23)25(26)13-15-30(27,28)2/h7-10,20,23-28,35H,4-6,11-17,19H2,1-3H3,(H,33,34)/t20-,23+,24-,25?,26+,27+,28-,30+,31+/m0/s1. The summed E-state index contributed by atoms with van der Waals surface area (Å²) in [6, 6.07) is 9.21. The maximum Gasteiger partial charge on any atom is 0.251 e. The average molecular weight is 493 g/mol. The smallest absolute Gasteiger partial charge is 0.251 e. The largest absolute Gasteiger partial charge is 0.387 e. The molecule has 0 radical (unpaired) electrons. The molecule has 0 heterocycles. The summed E-state index contributed by atoms with van der Waals surface area (Å²) in [6.07, 6.45) is 11.8. The Bertz CT molecular complexity index is 987. The Balaban J connectivity index is 1.27. The predicted molar refractivity (Wildman–Crippen MR) is 140 cm³/mol. The van der Waals surface area contributed by atoms with Crippen LogP contribution in [0.4, 0.5) is 0 Å². The van der Waals surface area contributed by atoms with Gasteiger partial charge in [0.2, 0.25) is 0 Å². The van der Waals surface area contributed by atoms with Gasteiger partial charge in [0.05, 0.1) is 23.8 Å². The van der Waals surface area contributed by atoms with E-state index in [1.54, 1.807) is 31.4 Å². The molecule has 5 heteroatoms. The second-order valence-corrected chi connectivity index (χ2v) is 12.9. The molecule has 9 atom stereocenters. The van der Waals surface area contributed by atoms with Crippen LogP contribution in [0.1, 0.15) is 94.0 Å². The summed E-state index contributed by atoms with van der Waals surface area (Å²) in [7, 11) is 1.70. The van der Waals surface area contributed by atoms with E-state index in [-0.39, 0.29) is 17.4 Å². The van der Waals surface area contributed by atoms with Crippen molar-refractivity contribution in [1.29, 1.82) is 5.26 Å². The van der Waals surface area contributed by atoms with Gasteiger partial charge in [-0.25, -0.2) is 0 Å². The number of ether oxygens (including phenoxy) is 1. The number of benzene rings is 1. The van der Waals surface area contributed by atoms with Crippen LogP contribution in [-0.2, 0) is 4.74 Å². The van der Waals surface area contributed by atoms with E-state index in [2.05, 4.69) is 25.2 Å². The van der Waals surface area contributed by atoms with E-state index in [1.807, 2.05) is 0 Å². The van der Waals surface area contributed by atoms with Gasteiger partial charge in [-0.05, 0) is 130 Å². The van der Waals surface area contributed by atoms with Gasteiger partial charge in [-0.1, -0.05) is 13.3 Å². The molecule has 4 saturated carbocycles. The fraction of sp³-hybridized carbons (Fsp3) is 0.742. The van der Waals surface area contributed by atoms with Crippen LogP contribution >= 0.6 is 0 Å². The molecule has 0 aliphatic heterocycles. The molecule has 4 aliphatic carbocycles. The molecule has 5 rings (SSSR count). The van der Waals surface area contributed by atoms with E-state index in [0.717, 1.165) is 42.9 Å². The van der Waals surface area contributed by atoms with Gasteiger partial charge in [0.15, 0.2) is 0 Å². The number of aliphatic hydroxyl groups is 1. The highest BCUT2D eigenvalue weighted by Crippen LogP contribution is 2.63. The van der Waals surface area contributed by atoms with Gasteiger partial charge in [-0.15, -0.1) is 0 Å². The van der Waals surface area contributed by atoms with Gasteiger partial charge in [0, 0.05) is 18.7 Å². The van der Waals surface area contributed by atoms with Crippen LogP contribution in [0.15, 0.2) is 24.3 Å². The minimum Gasteiger partial charge on any atom is -0.387 e. The number of hydrogen-bond donors (Lipinski definition) is 2. The molecule has 1 aromatic rings. The molecule has 1 unspecified atom stereocenters. The van der Waals surface area contributed by atoms with Crippen molar-refractivity contribution in [1.82, 2.24) is 5.32 Å². The Morgan fingerprint density at radius 3 is 2.58 bits per heavy atom. The van der Waals surface area contributed by atoms with E-state index in [4.69, 9.17) is 10.00 Å². The summed E-state index contributed by atoms with van der Waals surface area (Å²) in [4.78, 5) is 13.0. The summed E-state index contributed by atoms with van der Waals surface area (Å²) in [5.74, 6) is 4.21. The Labute approximate surface area is 217 Å². The fourth-order valence-electron chi connectivity index (χ4n) is 9.51. The van der Waals surface area contributed by atoms with Crippen LogP contribution in [0, 0.1) is 52.3 Å². The van der Waals surface area contributed by atoms with Crippen molar-refractivity contribution in [3.63, 3.8) is 0 Å². The zero-order valence-electron chi connectivity index (χ0n) is 22.3. The number of hydrogen-bond acceptors (Lipinski definition) is 4. The van der Waals surface area contributed by atoms with Crippen LogP contribution in [0.25, 0.3) is 0 Å². The van der Waals surface area contributed by atoms with E-state index < -0.39 is 5.60 Å². The number of fused-ring (bicyclic) bond motifs is 5. The summed E-state index contributed by atoms with van der Waals surface area (Å²) >= 11 is 0. The normalized spacial score (nSPS) is 40.6. The highest BCUT2D eigenvalue weighted by atomic mass is 16.5. The Hall–Kier alpha value is -1.90. The zero-order chi connectivity index (χ0) is 25.5. The number of carbonyl (C=O) groups excluding carboxylic acids is 1. The molecule has 0 saturated heterocycles. The monoisotopic (exact) mass is 492 g/mol. The summed E-state index contributed by atoms with van der Waals surface area (Å²) in [5.41, 5.74) is 0.862. The molecule has 1 amide bonds. The molecule has 36 heavy (non-hydrogen) atoms. The summed E-state index contributed by atoms with van der Waals surface area (Å²) < 4.78 is 5.36. The Morgan fingerprint density at radius 2 is 1.86 bits per heavy atom. The fourth-order valence-corrected chi connectivity index (χ4v) is 9.51. The molecule has 4 fully saturated rings. The quantitative estimate of drug-likeness (QED) is 0.551. The molecule has 2 N–H and O–H groups in total. The molecule has 0 spiro atoms. The lowest BCUT2D eigenvalue weighted by molar-refractivity contribution is -0.142. The zero-order valence-corrected chi connectivity index (χ0v) is 22.3. The van der Waals surface area contributed by atoms with Crippen LogP contribution in [-0.4, -0.2) is 36.4 Å². The lowest BCUT2D eigenvalue weighted by atomic mass is 9.44. The summed E-state index contributed by atoms with van der Waals surface area (Å²) in [6.45, 7) is 5.21. The SMILES string of the molecule is COC[C@@]1(O)CC[C@@H]2C3CC[C@]4(C)[C@@H]([C@H](C)NC(=O)c5ccc(C#N)cc5)CCC[C@H]4[C@@H]3CC[C@@H]2C1. The Kier molecular flexibility index (Phi) is 7.22. The van der Waals surface area contributed by atoms with Crippen molar-refractivity contribution in [3.05, 3.63) is 35.4 Å². The lowest BCUT2D eigenvalue weighted by Crippen LogP contribution is -2.57. The molecular formula is C31H44N2O3. The minimum absolute atomic E-state index is 0.0299. The molecular weight excluding hydrogens is 448 g/mol. The predicted octanol–water partition coefficient (Wildman–Crippen LogP) is 5.71. The van der Waals surface area contributed by atoms with Crippen LogP contribution in [0.5, 0.6) is 0 Å². The number of nitrogens with zero attached hydrogens (tertiary/aromatic N) is 1. The van der Waals surface area contributed by atoms with Crippen molar-refractivity contribution in [2.24, 2.45) is 40.9 Å². The van der Waals surface area contributed by atoms with Gasteiger partial charge in [-0.2, -0.15) is 5.26 Å². The van der Waals surface area contributed by atoms with Gasteiger partial charge < -0.3 is 15.2 Å². The van der Waals surface area contributed by atoms with Crippen molar-refractivity contribution in [3.8, 4) is 6.07 Å². The van der Waals surface area contributed by atoms with E-state index in [9.17, 15) is 9.90 Å². The molecule has 5 nitrogen and oxygen atoms in total. The topological polar surface area (TPSA) is 82.3 Å². The first-order valence-corrected chi connectivity index (χ1v) is 14.3. The third kappa shape index (κ3) is 4.61. The lowest BCUT2D eigenvalue weighted by Gasteiger charge is -2.61. The van der Waals surface area contributed by atoms with E-state index in [1.165, 1.54) is 44.9 Å². The first-order valence-electron chi connectivity index (χ1n) is 14.3. The maximum absolute atomic E-state index is 13.0. The first-order chi connectivity index (χ1) is 17.3. The molecule has 0 aromatic heterocycles. The van der Waals surface area contributed by atoms with Crippen LogP contribution in [0.2, 0.25) is 0 Å². The van der Waals surface area contributed by atoms with Gasteiger partial charge in [0.25, 0.3) is 5.91 Å². The maximum atomic E-state index is 13.0. The van der Waals surface area contributed by atoms with E-state index in [0.29, 0.717) is 29.6 Å². The Morgan fingerprint density at radius 1 is 1.11 bits per heavy atom.